The average Bonchev–Trinajstić information content (AvgIpc) is 2.40. The van der Waals surface area contributed by atoms with Crippen molar-refractivity contribution in [3.8, 4) is 5.75 Å². The lowest BCUT2D eigenvalue weighted by molar-refractivity contribution is 0.0694. The maximum Gasteiger partial charge on any atom is 0.341 e. The van der Waals surface area contributed by atoms with Gasteiger partial charge in [0.25, 0.3) is 0 Å². The second-order valence-electron chi connectivity index (χ2n) is 4.06. The molecule has 0 saturated carbocycles. The number of halogens is 3. The molecule has 21 heavy (non-hydrogen) atoms. The number of alkyl halides is 1. The molecule has 1 heterocycles. The first kappa shape index (κ1) is 16.9. The number of carboxylic acids is 1. The molecule has 114 valence electrons. The van der Waals surface area contributed by atoms with Crippen LogP contribution in [0.4, 0.5) is 8.78 Å². The molecule has 0 atom stereocenters. The molecule has 0 bridgehead atoms. The average molecular weight is 320 g/mol. The number of aryl methyl sites for hydroxylation is 1. The Morgan fingerprint density at radius 3 is 2.62 bits per heavy atom. The number of benzene rings is 1. The second kappa shape index (κ2) is 6.53. The first-order valence-corrected chi connectivity index (χ1v) is 5.69. The number of rotatable bonds is 4. The van der Waals surface area contributed by atoms with E-state index in [1.807, 2.05) is 0 Å². The van der Waals surface area contributed by atoms with E-state index in [1.54, 1.807) is 0 Å². The van der Waals surface area contributed by atoms with E-state index >= 15 is 0 Å². The minimum Gasteiger partial charge on any atom is -0.494 e. The molecule has 0 spiro atoms. The summed E-state index contributed by atoms with van der Waals surface area (Å²) in [5, 5.41) is 8.82. The predicted molar refractivity (Wildman–Crippen MR) is 74.9 cm³/mol. The largest absolute Gasteiger partial charge is 0.494 e. The van der Waals surface area contributed by atoms with Crippen LogP contribution in [0.25, 0.3) is 10.9 Å². The van der Waals surface area contributed by atoms with Crippen molar-refractivity contribution in [3.63, 3.8) is 0 Å². The molecule has 0 radical (unpaired) electrons. The van der Waals surface area contributed by atoms with Gasteiger partial charge in [-0.15, -0.1) is 12.4 Å². The molecule has 1 aromatic heterocycles. The van der Waals surface area contributed by atoms with Gasteiger partial charge in [-0.3, -0.25) is 4.79 Å². The topological polar surface area (TPSA) is 68.5 Å². The maximum atomic E-state index is 13.5. The molecule has 0 amide bonds. The number of carbonyl (C=O) groups is 1. The van der Waals surface area contributed by atoms with Crippen molar-refractivity contribution in [2.45, 2.75) is 6.54 Å². The zero-order valence-corrected chi connectivity index (χ0v) is 11.7. The Kier molecular flexibility index (Phi) is 5.26. The number of aromatic nitrogens is 1. The molecule has 1 aromatic carbocycles. The molecular formula is C13H12ClF2NO4. The smallest absolute Gasteiger partial charge is 0.341 e. The van der Waals surface area contributed by atoms with Gasteiger partial charge < -0.3 is 14.4 Å². The number of ether oxygens (including phenoxy) is 1. The highest BCUT2D eigenvalue weighted by Gasteiger charge is 2.18. The van der Waals surface area contributed by atoms with Crippen LogP contribution >= 0.6 is 12.4 Å². The lowest BCUT2D eigenvalue weighted by Crippen LogP contribution is -2.20. The minimum atomic E-state index is -1.45. The van der Waals surface area contributed by atoms with E-state index in [2.05, 4.69) is 0 Å². The molecule has 1 N–H and O–H groups in total. The minimum absolute atomic E-state index is 0. The van der Waals surface area contributed by atoms with Crippen LogP contribution in [0, 0.1) is 5.82 Å². The number of methoxy groups -OCH3 is 1. The Morgan fingerprint density at radius 2 is 2.10 bits per heavy atom. The molecule has 0 aliphatic heterocycles. The van der Waals surface area contributed by atoms with E-state index in [-0.39, 0.29) is 35.6 Å². The number of aromatic carboxylic acids is 1. The highest BCUT2D eigenvalue weighted by Crippen LogP contribution is 2.25. The van der Waals surface area contributed by atoms with Gasteiger partial charge in [-0.2, -0.15) is 0 Å². The Balaban J connectivity index is 0.00000220. The summed E-state index contributed by atoms with van der Waals surface area (Å²) in [6.45, 7) is -0.934. The van der Waals surface area contributed by atoms with Crippen molar-refractivity contribution in [3.05, 3.63) is 39.9 Å². The Morgan fingerprint density at radius 1 is 1.43 bits per heavy atom. The highest BCUT2D eigenvalue weighted by atomic mass is 35.5. The van der Waals surface area contributed by atoms with E-state index < -0.39 is 29.5 Å². The van der Waals surface area contributed by atoms with Gasteiger partial charge in [-0.1, -0.05) is 0 Å². The SMILES string of the molecule is COc1cc(F)cc2c(=O)c(C(=O)O)cn(CCF)c12.Cl. The number of pyridine rings is 1. The summed E-state index contributed by atoms with van der Waals surface area (Å²) in [6.07, 6.45) is 1.03. The van der Waals surface area contributed by atoms with Crippen LogP contribution in [0.5, 0.6) is 5.75 Å². The van der Waals surface area contributed by atoms with Gasteiger partial charge in [0, 0.05) is 12.3 Å². The predicted octanol–water partition coefficient (Wildman–Crippen LogP) is 2.24. The summed E-state index contributed by atoms with van der Waals surface area (Å²) < 4.78 is 32.3. The zero-order chi connectivity index (χ0) is 14.9. The first-order chi connectivity index (χ1) is 9.49. The normalized spacial score (nSPS) is 10.2. The third-order valence-corrected chi connectivity index (χ3v) is 2.88. The van der Waals surface area contributed by atoms with Crippen LogP contribution in [0.2, 0.25) is 0 Å². The molecule has 0 saturated heterocycles. The lowest BCUT2D eigenvalue weighted by atomic mass is 10.1. The van der Waals surface area contributed by atoms with Crippen LogP contribution < -0.4 is 10.2 Å². The summed E-state index contributed by atoms with van der Waals surface area (Å²) in [5.74, 6) is -2.14. The van der Waals surface area contributed by atoms with E-state index in [0.717, 1.165) is 18.3 Å². The number of nitrogens with zero attached hydrogens (tertiary/aromatic N) is 1. The van der Waals surface area contributed by atoms with Crippen LogP contribution in [0.1, 0.15) is 10.4 Å². The second-order valence-corrected chi connectivity index (χ2v) is 4.06. The summed E-state index contributed by atoms with van der Waals surface area (Å²) in [4.78, 5) is 23.1. The molecule has 0 fully saturated rings. The third-order valence-electron chi connectivity index (χ3n) is 2.88. The molecule has 0 aliphatic carbocycles. The summed E-state index contributed by atoms with van der Waals surface area (Å²) in [5.41, 5.74) is -1.21. The molecule has 2 rings (SSSR count). The summed E-state index contributed by atoms with van der Waals surface area (Å²) >= 11 is 0. The van der Waals surface area contributed by atoms with Gasteiger partial charge in [0.05, 0.1) is 24.6 Å². The fraction of sp³-hybridized carbons (Fsp3) is 0.231. The molecule has 8 heteroatoms. The zero-order valence-electron chi connectivity index (χ0n) is 10.9. The Hall–Kier alpha value is -2.15. The van der Waals surface area contributed by atoms with Gasteiger partial charge >= 0.3 is 5.97 Å². The molecular weight excluding hydrogens is 308 g/mol. The number of hydrogen-bond donors (Lipinski definition) is 1. The number of hydrogen-bond acceptors (Lipinski definition) is 3. The van der Waals surface area contributed by atoms with Gasteiger partial charge in [0.1, 0.15) is 23.8 Å². The summed E-state index contributed by atoms with van der Waals surface area (Å²) in [7, 11) is 1.28. The molecule has 5 nitrogen and oxygen atoms in total. The van der Waals surface area contributed by atoms with Gasteiger partial charge in [0.15, 0.2) is 0 Å². The quantitative estimate of drug-likeness (QED) is 0.938. The Labute approximate surface area is 124 Å². The van der Waals surface area contributed by atoms with Crippen molar-refractivity contribution >= 4 is 29.3 Å². The third kappa shape index (κ3) is 2.97. The lowest BCUT2D eigenvalue weighted by Gasteiger charge is -2.14. The summed E-state index contributed by atoms with van der Waals surface area (Å²) in [6, 6.07) is 1.97. The monoisotopic (exact) mass is 319 g/mol. The van der Waals surface area contributed by atoms with E-state index in [9.17, 15) is 18.4 Å². The van der Waals surface area contributed by atoms with Gasteiger partial charge in [0.2, 0.25) is 5.43 Å². The molecule has 0 unspecified atom stereocenters. The fourth-order valence-electron chi connectivity index (χ4n) is 2.04. The van der Waals surface area contributed by atoms with Crippen LogP contribution in [0.15, 0.2) is 23.1 Å². The van der Waals surface area contributed by atoms with Crippen molar-refractivity contribution < 1.29 is 23.4 Å². The van der Waals surface area contributed by atoms with Crippen molar-refractivity contribution in [1.29, 1.82) is 0 Å². The van der Waals surface area contributed by atoms with Crippen LogP contribution in [-0.2, 0) is 6.54 Å². The van der Waals surface area contributed by atoms with Crippen molar-refractivity contribution in [2.75, 3.05) is 13.8 Å². The molecule has 2 aromatic rings. The fourth-order valence-corrected chi connectivity index (χ4v) is 2.04. The van der Waals surface area contributed by atoms with E-state index in [1.165, 1.54) is 11.7 Å². The molecule has 0 aliphatic rings. The van der Waals surface area contributed by atoms with Crippen molar-refractivity contribution in [2.24, 2.45) is 0 Å². The Bertz CT molecular complexity index is 745. The van der Waals surface area contributed by atoms with Gasteiger partial charge in [-0.25, -0.2) is 13.6 Å². The van der Waals surface area contributed by atoms with E-state index in [0.29, 0.717) is 0 Å². The number of fused-ring (bicyclic) bond motifs is 1. The van der Waals surface area contributed by atoms with E-state index in [4.69, 9.17) is 9.84 Å². The maximum absolute atomic E-state index is 13.5. The first-order valence-electron chi connectivity index (χ1n) is 5.69. The standard InChI is InChI=1S/C13H11F2NO4.ClH/c1-20-10-5-7(15)4-8-11(10)16(3-2-14)6-9(12(8)17)13(18)19;/h4-6H,2-3H2,1H3,(H,18,19);1H. The van der Waals surface area contributed by atoms with Crippen LogP contribution in [0.3, 0.4) is 0 Å². The van der Waals surface area contributed by atoms with Gasteiger partial charge in [-0.05, 0) is 6.07 Å². The number of carboxylic acid groups (broad SMARTS) is 1. The highest BCUT2D eigenvalue weighted by molar-refractivity contribution is 5.94. The van der Waals surface area contributed by atoms with Crippen molar-refractivity contribution in [1.82, 2.24) is 4.57 Å². The van der Waals surface area contributed by atoms with Crippen LogP contribution in [-0.4, -0.2) is 29.4 Å².